The first kappa shape index (κ1) is 16.4. The molecule has 0 amide bonds. The predicted molar refractivity (Wildman–Crippen MR) is 93.4 cm³/mol. The van der Waals surface area contributed by atoms with Gasteiger partial charge in [-0.2, -0.15) is 0 Å². The van der Waals surface area contributed by atoms with Gasteiger partial charge in [0.15, 0.2) is 0 Å². The van der Waals surface area contributed by atoms with Crippen molar-refractivity contribution in [2.24, 2.45) is 0 Å². The molecule has 0 aromatic heterocycles. The standard InChI is InChI=1S/C19H32N2/c1-15-14-16(18(2,3)4)8-9-17(15)21-12-10-19(5,11-13-21)20(6)7/h8-9,14H,10-13H2,1-7H3. The summed E-state index contributed by atoms with van der Waals surface area (Å²) in [6.45, 7) is 13.8. The lowest BCUT2D eigenvalue weighted by Gasteiger charge is -2.45. The maximum absolute atomic E-state index is 2.56. The molecule has 1 aromatic rings. The molecule has 118 valence electrons. The van der Waals surface area contributed by atoms with E-state index in [0.717, 1.165) is 13.1 Å². The molecule has 1 aromatic carbocycles. The van der Waals surface area contributed by atoms with Gasteiger partial charge < -0.3 is 9.80 Å². The summed E-state index contributed by atoms with van der Waals surface area (Å²) in [5.74, 6) is 0. The zero-order valence-electron chi connectivity index (χ0n) is 15.0. The topological polar surface area (TPSA) is 6.48 Å². The minimum absolute atomic E-state index is 0.231. The summed E-state index contributed by atoms with van der Waals surface area (Å²) < 4.78 is 0. The lowest BCUT2D eigenvalue weighted by atomic mass is 9.85. The summed E-state index contributed by atoms with van der Waals surface area (Å²) in [6, 6.07) is 7.01. The van der Waals surface area contributed by atoms with Crippen LogP contribution in [-0.2, 0) is 5.41 Å². The third-order valence-electron chi connectivity index (χ3n) is 5.32. The van der Waals surface area contributed by atoms with Gasteiger partial charge in [0.1, 0.15) is 0 Å². The molecule has 1 aliphatic heterocycles. The zero-order chi connectivity index (χ0) is 15.8. The summed E-state index contributed by atoms with van der Waals surface area (Å²) in [5, 5.41) is 0. The molecular weight excluding hydrogens is 256 g/mol. The van der Waals surface area contributed by atoms with Crippen LogP contribution in [0.5, 0.6) is 0 Å². The number of hydrogen-bond acceptors (Lipinski definition) is 2. The Labute approximate surface area is 131 Å². The highest BCUT2D eigenvalue weighted by molar-refractivity contribution is 5.55. The maximum atomic E-state index is 2.56. The van der Waals surface area contributed by atoms with E-state index in [9.17, 15) is 0 Å². The van der Waals surface area contributed by atoms with Gasteiger partial charge in [-0.15, -0.1) is 0 Å². The molecule has 21 heavy (non-hydrogen) atoms. The van der Waals surface area contributed by atoms with Crippen molar-refractivity contribution in [3.63, 3.8) is 0 Å². The molecule has 0 spiro atoms. The molecule has 0 radical (unpaired) electrons. The van der Waals surface area contributed by atoms with Crippen LogP contribution in [0.1, 0.15) is 51.7 Å². The number of nitrogens with zero attached hydrogens (tertiary/aromatic N) is 2. The highest BCUT2D eigenvalue weighted by atomic mass is 15.2. The fourth-order valence-corrected chi connectivity index (χ4v) is 3.15. The molecule has 0 saturated carbocycles. The molecule has 0 aliphatic carbocycles. The molecule has 0 bridgehead atoms. The third-order valence-corrected chi connectivity index (χ3v) is 5.32. The van der Waals surface area contributed by atoms with Crippen molar-refractivity contribution in [3.05, 3.63) is 29.3 Å². The second kappa shape index (κ2) is 5.64. The number of rotatable bonds is 2. The lowest BCUT2D eigenvalue weighted by Crippen LogP contribution is -2.50. The van der Waals surface area contributed by atoms with Gasteiger partial charge in [-0.1, -0.05) is 32.9 Å². The molecule has 1 saturated heterocycles. The average Bonchev–Trinajstić information content (AvgIpc) is 2.39. The minimum Gasteiger partial charge on any atom is -0.371 e. The summed E-state index contributed by atoms with van der Waals surface area (Å²) in [5.41, 5.74) is 4.85. The second-order valence-electron chi connectivity index (χ2n) is 8.13. The second-order valence-corrected chi connectivity index (χ2v) is 8.13. The van der Waals surface area contributed by atoms with Crippen molar-refractivity contribution in [1.29, 1.82) is 0 Å². The summed E-state index contributed by atoms with van der Waals surface area (Å²) >= 11 is 0. The number of aryl methyl sites for hydroxylation is 1. The van der Waals surface area contributed by atoms with Gasteiger partial charge in [-0.3, -0.25) is 0 Å². The van der Waals surface area contributed by atoms with Gasteiger partial charge in [0.05, 0.1) is 0 Å². The van der Waals surface area contributed by atoms with E-state index in [1.54, 1.807) is 0 Å². The largest absolute Gasteiger partial charge is 0.371 e. The third kappa shape index (κ3) is 3.42. The Hall–Kier alpha value is -1.02. The van der Waals surface area contributed by atoms with Gasteiger partial charge in [0.2, 0.25) is 0 Å². The van der Waals surface area contributed by atoms with E-state index in [4.69, 9.17) is 0 Å². The van der Waals surface area contributed by atoms with Gasteiger partial charge >= 0.3 is 0 Å². The fraction of sp³-hybridized carbons (Fsp3) is 0.684. The van der Waals surface area contributed by atoms with Gasteiger partial charge in [-0.05, 0) is 63.4 Å². The average molecular weight is 288 g/mol. The quantitative estimate of drug-likeness (QED) is 0.804. The Balaban J connectivity index is 2.14. The van der Waals surface area contributed by atoms with E-state index in [1.165, 1.54) is 29.7 Å². The smallest absolute Gasteiger partial charge is 0.0396 e. The lowest BCUT2D eigenvalue weighted by molar-refractivity contribution is 0.137. The summed E-state index contributed by atoms with van der Waals surface area (Å²) in [4.78, 5) is 4.95. The van der Waals surface area contributed by atoms with Crippen LogP contribution in [0, 0.1) is 6.92 Å². The molecule has 2 rings (SSSR count). The van der Waals surface area contributed by atoms with E-state index < -0.39 is 0 Å². The van der Waals surface area contributed by atoms with Crippen LogP contribution in [0.25, 0.3) is 0 Å². The fourth-order valence-electron chi connectivity index (χ4n) is 3.15. The Bertz CT molecular complexity index is 489. The van der Waals surface area contributed by atoms with E-state index in [-0.39, 0.29) is 5.41 Å². The molecule has 0 N–H and O–H groups in total. The number of benzene rings is 1. The van der Waals surface area contributed by atoms with Gasteiger partial charge in [0.25, 0.3) is 0 Å². The van der Waals surface area contributed by atoms with E-state index in [1.807, 2.05) is 0 Å². The molecule has 1 aliphatic rings. The molecule has 0 unspecified atom stereocenters. The molecular formula is C19H32N2. The number of anilines is 1. The maximum Gasteiger partial charge on any atom is 0.0396 e. The van der Waals surface area contributed by atoms with Crippen LogP contribution in [0.4, 0.5) is 5.69 Å². The first-order chi connectivity index (χ1) is 9.63. The van der Waals surface area contributed by atoms with Crippen LogP contribution < -0.4 is 4.90 Å². The first-order valence-electron chi connectivity index (χ1n) is 8.17. The van der Waals surface area contributed by atoms with Gasteiger partial charge in [-0.25, -0.2) is 0 Å². The van der Waals surface area contributed by atoms with Crippen molar-refractivity contribution in [1.82, 2.24) is 4.90 Å². The normalized spacial score (nSPS) is 19.1. The highest BCUT2D eigenvalue weighted by Crippen LogP contribution is 2.33. The summed E-state index contributed by atoms with van der Waals surface area (Å²) in [6.07, 6.45) is 2.47. The van der Waals surface area contributed by atoms with Crippen molar-refractivity contribution >= 4 is 5.69 Å². The number of piperidine rings is 1. The zero-order valence-corrected chi connectivity index (χ0v) is 15.0. The Morgan fingerprint density at radius 2 is 1.67 bits per heavy atom. The van der Waals surface area contributed by atoms with Crippen molar-refractivity contribution in [3.8, 4) is 0 Å². The molecule has 2 heteroatoms. The first-order valence-corrected chi connectivity index (χ1v) is 8.17. The predicted octanol–water partition coefficient (Wildman–Crippen LogP) is 4.21. The van der Waals surface area contributed by atoms with Crippen molar-refractivity contribution in [2.75, 3.05) is 32.1 Å². The monoisotopic (exact) mass is 288 g/mol. The highest BCUT2D eigenvalue weighted by Gasteiger charge is 2.32. The SMILES string of the molecule is Cc1cc(C(C)(C)C)ccc1N1CCC(C)(N(C)C)CC1. The number of hydrogen-bond donors (Lipinski definition) is 0. The van der Waals surface area contributed by atoms with Crippen molar-refractivity contribution in [2.45, 2.75) is 58.4 Å². The van der Waals surface area contributed by atoms with Crippen LogP contribution in [0.3, 0.4) is 0 Å². The van der Waals surface area contributed by atoms with Crippen LogP contribution >= 0.6 is 0 Å². The van der Waals surface area contributed by atoms with Crippen molar-refractivity contribution < 1.29 is 0 Å². The Morgan fingerprint density at radius 1 is 1.10 bits per heavy atom. The molecule has 2 nitrogen and oxygen atoms in total. The molecule has 1 fully saturated rings. The van der Waals surface area contributed by atoms with Crippen LogP contribution in [-0.4, -0.2) is 37.6 Å². The summed E-state index contributed by atoms with van der Waals surface area (Å²) in [7, 11) is 4.41. The van der Waals surface area contributed by atoms with E-state index in [0.29, 0.717) is 5.54 Å². The van der Waals surface area contributed by atoms with Crippen LogP contribution in [0.2, 0.25) is 0 Å². The van der Waals surface area contributed by atoms with E-state index >= 15 is 0 Å². The molecule has 1 heterocycles. The van der Waals surface area contributed by atoms with E-state index in [2.05, 4.69) is 76.7 Å². The van der Waals surface area contributed by atoms with Crippen LogP contribution in [0.15, 0.2) is 18.2 Å². The Kier molecular flexibility index (Phi) is 4.39. The Morgan fingerprint density at radius 3 is 2.10 bits per heavy atom. The minimum atomic E-state index is 0.231. The molecule has 0 atom stereocenters. The van der Waals surface area contributed by atoms with Gasteiger partial charge in [0, 0.05) is 24.3 Å².